The van der Waals surface area contributed by atoms with Crippen LogP contribution in [0, 0.1) is 13.8 Å². The van der Waals surface area contributed by atoms with E-state index in [0.29, 0.717) is 10.7 Å². The zero-order valence-electron chi connectivity index (χ0n) is 13.4. The van der Waals surface area contributed by atoms with Gasteiger partial charge < -0.3 is 4.74 Å². The molecule has 0 N–H and O–H groups in total. The minimum absolute atomic E-state index is 0.0280. The fourth-order valence-corrected chi connectivity index (χ4v) is 3.10. The largest absolute Gasteiger partial charge is 0.456 e. The van der Waals surface area contributed by atoms with Crippen LogP contribution in [0.4, 0.5) is 0 Å². The first-order valence-corrected chi connectivity index (χ1v) is 8.29. The van der Waals surface area contributed by atoms with E-state index in [1.807, 2.05) is 43.5 Å². The molecular weight excluding hydrogens is 324 g/mol. The number of thiazole rings is 1. The van der Waals surface area contributed by atoms with Crippen LogP contribution in [0.1, 0.15) is 22.5 Å². The predicted molar refractivity (Wildman–Crippen MR) is 94.1 cm³/mol. The van der Waals surface area contributed by atoms with Crippen molar-refractivity contribution in [3.05, 3.63) is 74.7 Å². The Bertz CT molecular complexity index is 968. The molecule has 0 unspecified atom stereocenters. The number of hydrogen-bond donors (Lipinski definition) is 0. The molecular formula is C18H16N2O3S. The van der Waals surface area contributed by atoms with Crippen molar-refractivity contribution in [2.24, 2.45) is 0 Å². The van der Waals surface area contributed by atoms with E-state index in [2.05, 4.69) is 4.98 Å². The monoisotopic (exact) mass is 340 g/mol. The standard InChI is InChI=1S/C18H16N2O3S/c1-12-3-5-14(6-4-12)7-8-17(22)23-10-15-9-16(21)20-13(2)11-24-18(20)19-15/h3-9,11H,10H2,1-2H3/b8-7+. The molecule has 0 atom stereocenters. The molecule has 122 valence electrons. The summed E-state index contributed by atoms with van der Waals surface area (Å²) in [5.74, 6) is -0.472. The average Bonchev–Trinajstić information content (AvgIpc) is 2.94. The fraction of sp³-hybridized carbons (Fsp3) is 0.167. The lowest BCUT2D eigenvalue weighted by Crippen LogP contribution is -2.16. The molecule has 0 aliphatic carbocycles. The number of hydrogen-bond acceptors (Lipinski definition) is 5. The van der Waals surface area contributed by atoms with Gasteiger partial charge in [-0.15, -0.1) is 11.3 Å². The highest BCUT2D eigenvalue weighted by Gasteiger charge is 2.07. The van der Waals surface area contributed by atoms with Crippen molar-refractivity contribution in [1.82, 2.24) is 9.38 Å². The molecule has 5 nitrogen and oxygen atoms in total. The molecule has 0 bridgehead atoms. The van der Waals surface area contributed by atoms with E-state index >= 15 is 0 Å². The first-order chi connectivity index (χ1) is 11.5. The summed E-state index contributed by atoms with van der Waals surface area (Å²) < 4.78 is 6.69. The van der Waals surface area contributed by atoms with Gasteiger partial charge in [0, 0.05) is 23.2 Å². The fourth-order valence-electron chi connectivity index (χ4n) is 2.21. The summed E-state index contributed by atoms with van der Waals surface area (Å²) in [5.41, 5.74) is 3.20. The Morgan fingerprint density at radius 2 is 2.04 bits per heavy atom. The molecule has 0 amide bonds. The third kappa shape index (κ3) is 3.60. The van der Waals surface area contributed by atoms with Crippen molar-refractivity contribution in [1.29, 1.82) is 0 Å². The first-order valence-electron chi connectivity index (χ1n) is 7.41. The molecule has 2 heterocycles. The quantitative estimate of drug-likeness (QED) is 0.541. The van der Waals surface area contributed by atoms with Crippen molar-refractivity contribution in [3.63, 3.8) is 0 Å². The Kier molecular flexibility index (Phi) is 4.57. The lowest BCUT2D eigenvalue weighted by atomic mass is 10.1. The van der Waals surface area contributed by atoms with Crippen molar-refractivity contribution >= 4 is 28.3 Å². The summed E-state index contributed by atoms with van der Waals surface area (Å²) in [7, 11) is 0. The van der Waals surface area contributed by atoms with Crippen LogP contribution in [-0.2, 0) is 16.1 Å². The van der Waals surface area contributed by atoms with Crippen LogP contribution in [0.15, 0.2) is 46.6 Å². The Balaban J connectivity index is 1.66. The summed E-state index contributed by atoms with van der Waals surface area (Å²) in [5, 5.41) is 1.86. The second kappa shape index (κ2) is 6.80. The summed E-state index contributed by atoms with van der Waals surface area (Å²) in [6.45, 7) is 3.82. The highest BCUT2D eigenvalue weighted by atomic mass is 32.1. The van der Waals surface area contributed by atoms with Crippen molar-refractivity contribution < 1.29 is 9.53 Å². The Morgan fingerprint density at radius 3 is 2.79 bits per heavy atom. The van der Waals surface area contributed by atoms with E-state index in [1.54, 1.807) is 6.08 Å². The van der Waals surface area contributed by atoms with E-state index in [9.17, 15) is 9.59 Å². The molecule has 2 aromatic heterocycles. The van der Waals surface area contributed by atoms with Gasteiger partial charge in [-0.3, -0.25) is 9.20 Å². The summed E-state index contributed by atoms with van der Waals surface area (Å²) in [6, 6.07) is 9.19. The Morgan fingerprint density at radius 1 is 1.29 bits per heavy atom. The number of nitrogens with zero attached hydrogens (tertiary/aromatic N) is 2. The molecule has 0 fully saturated rings. The maximum absolute atomic E-state index is 12.0. The third-order valence-electron chi connectivity index (χ3n) is 3.48. The molecule has 3 rings (SSSR count). The molecule has 0 saturated heterocycles. The molecule has 0 radical (unpaired) electrons. The van der Waals surface area contributed by atoms with Gasteiger partial charge in [0.25, 0.3) is 5.56 Å². The van der Waals surface area contributed by atoms with Gasteiger partial charge in [0.2, 0.25) is 0 Å². The number of ether oxygens (including phenoxy) is 1. The molecule has 1 aromatic carbocycles. The first kappa shape index (κ1) is 16.1. The number of esters is 1. The van der Waals surface area contributed by atoms with Crippen molar-refractivity contribution in [2.75, 3.05) is 0 Å². The summed E-state index contributed by atoms with van der Waals surface area (Å²) in [4.78, 5) is 28.8. The predicted octanol–water partition coefficient (Wildman–Crippen LogP) is 3.13. The lowest BCUT2D eigenvalue weighted by Gasteiger charge is -2.02. The highest BCUT2D eigenvalue weighted by molar-refractivity contribution is 7.15. The van der Waals surface area contributed by atoms with Crippen LogP contribution in [-0.4, -0.2) is 15.4 Å². The third-order valence-corrected chi connectivity index (χ3v) is 4.42. The molecule has 0 saturated carbocycles. The van der Waals surface area contributed by atoms with Gasteiger partial charge in [-0.05, 0) is 25.5 Å². The normalized spacial score (nSPS) is 11.2. The van der Waals surface area contributed by atoms with Gasteiger partial charge in [0.15, 0.2) is 4.96 Å². The molecule has 3 aromatic rings. The number of rotatable bonds is 4. The molecule has 0 aliphatic rings. The minimum Gasteiger partial charge on any atom is -0.456 e. The smallest absolute Gasteiger partial charge is 0.331 e. The average molecular weight is 340 g/mol. The van der Waals surface area contributed by atoms with Gasteiger partial charge in [-0.25, -0.2) is 9.78 Å². The van der Waals surface area contributed by atoms with Crippen molar-refractivity contribution in [2.45, 2.75) is 20.5 Å². The van der Waals surface area contributed by atoms with Crippen LogP contribution in [0.5, 0.6) is 0 Å². The second-order valence-electron chi connectivity index (χ2n) is 5.43. The zero-order chi connectivity index (χ0) is 17.1. The maximum Gasteiger partial charge on any atom is 0.331 e. The number of carbonyl (C=O) groups is 1. The Labute approximate surface area is 142 Å². The number of benzene rings is 1. The summed E-state index contributed by atoms with van der Waals surface area (Å²) >= 11 is 1.38. The zero-order valence-corrected chi connectivity index (χ0v) is 14.2. The van der Waals surface area contributed by atoms with Crippen LogP contribution < -0.4 is 5.56 Å². The SMILES string of the molecule is Cc1ccc(/C=C/C(=O)OCc2cc(=O)n3c(C)csc3n2)cc1. The van der Waals surface area contributed by atoms with Gasteiger partial charge in [0.05, 0.1) is 5.69 Å². The molecule has 0 spiro atoms. The topological polar surface area (TPSA) is 60.7 Å². The molecule has 0 aliphatic heterocycles. The second-order valence-corrected chi connectivity index (χ2v) is 6.27. The van der Waals surface area contributed by atoms with Crippen molar-refractivity contribution in [3.8, 4) is 0 Å². The molecule has 24 heavy (non-hydrogen) atoms. The van der Waals surface area contributed by atoms with Crippen LogP contribution in [0.2, 0.25) is 0 Å². The van der Waals surface area contributed by atoms with Crippen LogP contribution in [0.3, 0.4) is 0 Å². The van der Waals surface area contributed by atoms with E-state index in [0.717, 1.165) is 16.8 Å². The van der Waals surface area contributed by atoms with E-state index in [1.165, 1.54) is 27.9 Å². The lowest BCUT2D eigenvalue weighted by molar-refractivity contribution is -0.139. The van der Waals surface area contributed by atoms with Gasteiger partial charge in [-0.2, -0.15) is 0 Å². The number of carbonyl (C=O) groups excluding carboxylic acids is 1. The highest BCUT2D eigenvalue weighted by Crippen LogP contribution is 2.12. The summed E-state index contributed by atoms with van der Waals surface area (Å²) in [6.07, 6.45) is 3.06. The van der Waals surface area contributed by atoms with Crippen LogP contribution >= 0.6 is 11.3 Å². The molecule has 6 heteroatoms. The van der Waals surface area contributed by atoms with Gasteiger partial charge in [0.1, 0.15) is 6.61 Å². The van der Waals surface area contributed by atoms with Gasteiger partial charge in [-0.1, -0.05) is 29.8 Å². The maximum atomic E-state index is 12.0. The van der Waals surface area contributed by atoms with E-state index in [-0.39, 0.29) is 12.2 Å². The van der Waals surface area contributed by atoms with E-state index < -0.39 is 5.97 Å². The minimum atomic E-state index is -0.472. The number of aromatic nitrogens is 2. The van der Waals surface area contributed by atoms with Gasteiger partial charge >= 0.3 is 5.97 Å². The van der Waals surface area contributed by atoms with Crippen LogP contribution in [0.25, 0.3) is 11.0 Å². The Hall–Kier alpha value is -2.73. The van der Waals surface area contributed by atoms with E-state index in [4.69, 9.17) is 4.74 Å². The number of fused-ring (bicyclic) bond motifs is 1. The number of aryl methyl sites for hydroxylation is 2.